The van der Waals surface area contributed by atoms with Crippen LogP contribution in [0.15, 0.2) is 114 Å². The Hall–Kier alpha value is -4.36. The van der Waals surface area contributed by atoms with Gasteiger partial charge >= 0.3 is 33.3 Å². The Labute approximate surface area is 431 Å². The van der Waals surface area contributed by atoms with E-state index in [1.807, 2.05) is 25.2 Å². The van der Waals surface area contributed by atoms with Gasteiger partial charge in [0.25, 0.3) is 0 Å². The second-order valence-corrected chi connectivity index (χ2v) is 20.1. The number of rotatable bonds is 40. The number of ether oxygens (including phenoxy) is 3. The molecule has 0 aliphatic carbocycles. The first-order valence-corrected chi connectivity index (χ1v) is 28.3. The van der Waals surface area contributed by atoms with E-state index < -0.39 is 83.7 Å². The predicted octanol–water partition coefficient (Wildman–Crippen LogP) is 9.41. The van der Waals surface area contributed by atoms with Crippen LogP contribution in [-0.2, 0) is 46.3 Å². The van der Waals surface area contributed by atoms with Crippen molar-refractivity contribution in [3.05, 3.63) is 120 Å². The number of aliphatic hydroxyl groups is 3. The van der Waals surface area contributed by atoms with Gasteiger partial charge in [-0.2, -0.15) is 9.29 Å². The molecule has 0 aromatic carbocycles. The number of hydrogen-bond acceptors (Lipinski definition) is 16. The lowest BCUT2D eigenvalue weighted by atomic mass is 10.1. The van der Waals surface area contributed by atoms with E-state index in [2.05, 4.69) is 95.2 Å². The Balaban J connectivity index is 1.84. The van der Waals surface area contributed by atoms with E-state index in [9.17, 15) is 48.6 Å². The Morgan fingerprint density at radius 3 is 1.81 bits per heavy atom. The van der Waals surface area contributed by atoms with E-state index in [-0.39, 0.29) is 24.8 Å². The highest BCUT2D eigenvalue weighted by molar-refractivity contribution is 7.61. The number of esters is 2. The monoisotopic (exact) mass is 1070 g/mol. The van der Waals surface area contributed by atoms with Crippen LogP contribution in [0.3, 0.4) is 0 Å². The summed E-state index contributed by atoms with van der Waals surface area (Å²) < 4.78 is 56.7. The smallest absolute Gasteiger partial charge is 0.462 e. The van der Waals surface area contributed by atoms with Gasteiger partial charge in [-0.05, 0) is 102 Å². The third kappa shape index (κ3) is 31.9. The summed E-state index contributed by atoms with van der Waals surface area (Å²) in [6, 6.07) is 1.24. The maximum absolute atomic E-state index is 12.9. The first kappa shape index (κ1) is 64.8. The zero-order valence-corrected chi connectivity index (χ0v) is 44.3. The number of aliphatic hydroxyl groups excluding tert-OH is 3. The van der Waals surface area contributed by atoms with Gasteiger partial charge < -0.3 is 45.1 Å². The first-order chi connectivity index (χ1) is 35.1. The van der Waals surface area contributed by atoms with Crippen molar-refractivity contribution in [3.8, 4) is 0 Å². The maximum Gasteiger partial charge on any atom is 0.481 e. The molecule has 0 radical (unpaired) electrons. The van der Waals surface area contributed by atoms with Gasteiger partial charge in [-0.25, -0.2) is 13.9 Å². The van der Waals surface area contributed by atoms with Crippen LogP contribution in [0, 0.1) is 0 Å². The van der Waals surface area contributed by atoms with Crippen LogP contribution in [0.4, 0.5) is 5.82 Å². The first-order valence-electron chi connectivity index (χ1n) is 25.3. The second kappa shape index (κ2) is 39.1. The molecule has 1 aliphatic heterocycles. The number of hydrogen-bond donors (Lipinski definition) is 6. The van der Waals surface area contributed by atoms with Crippen LogP contribution in [0.5, 0.6) is 0 Å². The average Bonchev–Trinajstić information content (AvgIpc) is 3.63. The average molecular weight is 1070 g/mol. The van der Waals surface area contributed by atoms with Gasteiger partial charge in [-0.3, -0.25) is 23.2 Å². The van der Waals surface area contributed by atoms with Crippen molar-refractivity contribution in [2.45, 2.75) is 173 Å². The van der Waals surface area contributed by atoms with E-state index >= 15 is 0 Å². The van der Waals surface area contributed by atoms with Crippen LogP contribution >= 0.6 is 15.6 Å². The fourth-order valence-corrected chi connectivity index (χ4v) is 8.86. The van der Waals surface area contributed by atoms with Gasteiger partial charge in [-0.1, -0.05) is 124 Å². The summed E-state index contributed by atoms with van der Waals surface area (Å²) in [7, 11) is -10.9. The minimum atomic E-state index is -5.45. The molecule has 0 amide bonds. The molecule has 21 heteroatoms. The molecule has 0 saturated carbocycles. The number of phosphoric acid groups is 2. The zero-order chi connectivity index (χ0) is 53.6. The summed E-state index contributed by atoms with van der Waals surface area (Å²) in [4.78, 5) is 61.9. The van der Waals surface area contributed by atoms with Gasteiger partial charge in [0.15, 0.2) is 12.3 Å². The molecule has 0 spiro atoms. The third-order valence-corrected chi connectivity index (χ3v) is 13.4. The van der Waals surface area contributed by atoms with E-state index in [1.54, 1.807) is 0 Å². The zero-order valence-electron chi connectivity index (χ0n) is 42.5. The summed E-state index contributed by atoms with van der Waals surface area (Å²) in [5, 5.41) is 30.5. The summed E-state index contributed by atoms with van der Waals surface area (Å²) in [6.07, 6.45) is 40.1. The molecule has 7 N–H and O–H groups in total. The van der Waals surface area contributed by atoms with Crippen molar-refractivity contribution in [3.63, 3.8) is 0 Å². The number of unbranched alkanes of at least 4 members (excludes halogenated alkanes) is 5. The molecule has 2 rings (SSSR count). The minimum absolute atomic E-state index is 0.00237. The van der Waals surface area contributed by atoms with E-state index in [0.29, 0.717) is 19.3 Å². The van der Waals surface area contributed by atoms with Crippen molar-refractivity contribution in [2.75, 3.05) is 25.6 Å². The summed E-state index contributed by atoms with van der Waals surface area (Å²) in [5.74, 6) is -1.43. The molecule has 1 saturated heterocycles. The normalized spacial score (nSPS) is 20.2. The van der Waals surface area contributed by atoms with Crippen LogP contribution in [0.2, 0.25) is 0 Å². The van der Waals surface area contributed by atoms with Gasteiger partial charge in [0.2, 0.25) is 0 Å². The number of aromatic nitrogens is 2. The molecule has 1 aromatic heterocycles. The van der Waals surface area contributed by atoms with Crippen molar-refractivity contribution in [1.29, 1.82) is 0 Å². The van der Waals surface area contributed by atoms with Gasteiger partial charge in [0.05, 0.1) is 19.3 Å². The van der Waals surface area contributed by atoms with Crippen LogP contribution < -0.4 is 11.4 Å². The highest BCUT2D eigenvalue weighted by atomic mass is 31.3. The Kier molecular flexibility index (Phi) is 34.7. The number of nitrogen functional groups attached to an aromatic ring is 1. The standard InChI is InChI=1S/C52H81N3O16P2/c1-3-5-6-7-8-9-10-11-12-13-14-19-22-25-28-31-34-37-48(58)69-44(40-66-47(57)36-33-30-27-24-21-18-16-15-17-20-23-26-29-32-35-43(56)4-2)41-67-72(62,63)71-73(64,65)68-42-45-49(59)50(60)51(70-45)55-39-38-46(53)54-52(55)61/h5-6,8-9,11-12,14,16-20,24,26-27,29,38-39,43-45,49-51,56,59-60H,3-4,7,10,13,15,21-23,25,28,30-37,40-42H2,1-2H3,(H,62,63)(H,64,65)(H2,53,54,61)/b6-5-,9-8-,12-11-,18-16-,19-14-,20-17-,27-24-,29-26-/t43-,44+,45+,49+,50+,51+/m0/s1. The number of phosphoric ester groups is 2. The van der Waals surface area contributed by atoms with E-state index in [4.69, 9.17) is 29.0 Å². The number of carbonyl (C=O) groups is 2. The largest absolute Gasteiger partial charge is 0.481 e. The molecule has 0 bridgehead atoms. The molecule has 2 heterocycles. The van der Waals surface area contributed by atoms with Crippen molar-refractivity contribution >= 4 is 33.4 Å². The Morgan fingerprint density at radius 2 is 1.23 bits per heavy atom. The van der Waals surface area contributed by atoms with Gasteiger partial charge in [0.1, 0.15) is 30.7 Å². The number of anilines is 1. The van der Waals surface area contributed by atoms with Crippen LogP contribution in [-0.4, -0.2) is 96.9 Å². The highest BCUT2D eigenvalue weighted by Gasteiger charge is 2.46. The predicted molar refractivity (Wildman–Crippen MR) is 281 cm³/mol. The lowest BCUT2D eigenvalue weighted by Gasteiger charge is -2.21. The Morgan fingerprint density at radius 1 is 0.712 bits per heavy atom. The van der Waals surface area contributed by atoms with Crippen molar-refractivity contribution < 1.29 is 71.4 Å². The summed E-state index contributed by atoms with van der Waals surface area (Å²) in [5.41, 5.74) is 4.57. The van der Waals surface area contributed by atoms with Crippen LogP contribution in [0.25, 0.3) is 0 Å². The minimum Gasteiger partial charge on any atom is -0.462 e. The van der Waals surface area contributed by atoms with Gasteiger partial charge in [0, 0.05) is 19.0 Å². The summed E-state index contributed by atoms with van der Waals surface area (Å²) >= 11 is 0. The molecule has 19 nitrogen and oxygen atoms in total. The molecule has 1 aliphatic rings. The van der Waals surface area contributed by atoms with E-state index in [1.165, 1.54) is 6.07 Å². The molecule has 1 aromatic rings. The lowest BCUT2D eigenvalue weighted by molar-refractivity contribution is -0.161. The molecule has 2 unspecified atom stereocenters. The van der Waals surface area contributed by atoms with E-state index in [0.717, 1.165) is 101 Å². The molecule has 8 atom stereocenters. The second-order valence-electron chi connectivity index (χ2n) is 17.1. The lowest BCUT2D eigenvalue weighted by Crippen LogP contribution is -2.36. The van der Waals surface area contributed by atoms with Gasteiger partial charge in [-0.15, -0.1) is 0 Å². The van der Waals surface area contributed by atoms with Crippen molar-refractivity contribution in [2.24, 2.45) is 0 Å². The summed E-state index contributed by atoms with van der Waals surface area (Å²) in [6.45, 7) is 1.67. The molecule has 1 fully saturated rings. The molecule has 410 valence electrons. The molecular weight excluding hydrogens is 985 g/mol. The number of nitrogens with two attached hydrogens (primary N) is 1. The third-order valence-electron chi connectivity index (χ3n) is 10.8. The van der Waals surface area contributed by atoms with Crippen LogP contribution in [0.1, 0.15) is 142 Å². The Bertz CT molecular complexity index is 2120. The van der Waals surface area contributed by atoms with Crippen molar-refractivity contribution in [1.82, 2.24) is 9.55 Å². The number of carbonyl (C=O) groups excluding carboxylic acids is 2. The number of allylic oxidation sites excluding steroid dienone is 16. The fraction of sp³-hybridized carbons (Fsp3) is 0.577. The maximum atomic E-state index is 12.9. The highest BCUT2D eigenvalue weighted by Crippen LogP contribution is 2.60. The topological polar surface area (TPSA) is 286 Å². The fourth-order valence-electron chi connectivity index (χ4n) is 6.75. The molecular formula is C52H81N3O16P2. The SMILES string of the molecule is CC/C=C\C/C=C\C/C=C\C/C=C\CCCCCCC(=O)O[C@H](COC(=O)CCC/C=C\C/C=C\C/C=C\C/C=C\CC[C@@H](O)CC)COP(=O)(O)OP(=O)(O)OC[C@H]1O[C@@H](n2ccc(N)nc2=O)[C@H](O)[C@@H]1O. The number of nitrogens with zero attached hydrogens (tertiary/aromatic N) is 2. The molecule has 73 heavy (non-hydrogen) atoms. The quantitative estimate of drug-likeness (QED) is 0.0154.